The van der Waals surface area contributed by atoms with Gasteiger partial charge in [-0.3, -0.25) is 0 Å². The van der Waals surface area contributed by atoms with Gasteiger partial charge in [-0.15, -0.1) is 11.3 Å². The van der Waals surface area contributed by atoms with Crippen LogP contribution in [0.4, 0.5) is 0 Å². The van der Waals surface area contributed by atoms with Gasteiger partial charge in [-0.2, -0.15) is 4.98 Å². The molecule has 0 bridgehead atoms. The van der Waals surface area contributed by atoms with E-state index >= 15 is 0 Å². The number of aromatic carboxylic acids is 1. The van der Waals surface area contributed by atoms with Gasteiger partial charge in [0, 0.05) is 24.4 Å². The molecule has 0 unspecified atom stereocenters. The summed E-state index contributed by atoms with van der Waals surface area (Å²) in [6.07, 6.45) is 0.663. The fourth-order valence-electron chi connectivity index (χ4n) is 1.66. The summed E-state index contributed by atoms with van der Waals surface area (Å²) < 4.78 is 5.00. The third kappa shape index (κ3) is 3.62. The molecule has 0 amide bonds. The smallest absolute Gasteiger partial charge is 0.345 e. The lowest BCUT2D eigenvalue weighted by atomic mass is 10.2. The Bertz CT molecular complexity index is 577. The van der Waals surface area contributed by atoms with Gasteiger partial charge in [-0.25, -0.2) is 4.79 Å². The Morgan fingerprint density at radius 3 is 2.89 bits per heavy atom. The first kappa shape index (κ1) is 13.7. The Labute approximate surface area is 114 Å². The van der Waals surface area contributed by atoms with Crippen molar-refractivity contribution in [2.24, 2.45) is 0 Å². The van der Waals surface area contributed by atoms with Crippen LogP contribution in [0.15, 0.2) is 10.6 Å². The number of hydrogen-bond donors (Lipinski definition) is 2. The van der Waals surface area contributed by atoms with Crippen molar-refractivity contribution >= 4 is 17.3 Å². The first-order chi connectivity index (χ1) is 9.06. The summed E-state index contributed by atoms with van der Waals surface area (Å²) in [5.41, 5.74) is 1.02. The largest absolute Gasteiger partial charge is 0.477 e. The second-order valence-electron chi connectivity index (χ2n) is 4.16. The van der Waals surface area contributed by atoms with Crippen LogP contribution in [0.5, 0.6) is 0 Å². The van der Waals surface area contributed by atoms with Crippen LogP contribution >= 0.6 is 11.3 Å². The van der Waals surface area contributed by atoms with Gasteiger partial charge in [-0.1, -0.05) is 5.16 Å². The van der Waals surface area contributed by atoms with Crippen molar-refractivity contribution in [2.75, 3.05) is 6.54 Å². The number of thiophene rings is 1. The maximum absolute atomic E-state index is 10.8. The third-order valence-electron chi connectivity index (χ3n) is 2.63. The fourth-order valence-corrected chi connectivity index (χ4v) is 2.54. The normalized spacial score (nSPS) is 10.8. The topological polar surface area (TPSA) is 88.2 Å². The number of nitrogens with zero attached hydrogens (tertiary/aromatic N) is 2. The molecule has 0 aromatic carbocycles. The van der Waals surface area contributed by atoms with Crippen LogP contribution in [-0.2, 0) is 13.0 Å². The lowest BCUT2D eigenvalue weighted by Crippen LogP contribution is -2.16. The molecule has 0 aliphatic rings. The molecule has 2 N–H and O–H groups in total. The van der Waals surface area contributed by atoms with Crippen LogP contribution in [0.25, 0.3) is 0 Å². The number of rotatable bonds is 6. The molecule has 0 radical (unpaired) electrons. The number of carboxylic acids is 1. The average molecular weight is 281 g/mol. The number of hydrogen-bond acceptors (Lipinski definition) is 6. The van der Waals surface area contributed by atoms with E-state index in [0.29, 0.717) is 36.1 Å². The van der Waals surface area contributed by atoms with E-state index in [1.165, 1.54) is 11.3 Å². The van der Waals surface area contributed by atoms with Gasteiger partial charge in [-0.05, 0) is 25.5 Å². The van der Waals surface area contributed by atoms with Crippen LogP contribution in [0.1, 0.15) is 31.8 Å². The van der Waals surface area contributed by atoms with E-state index in [-0.39, 0.29) is 0 Å². The molecule has 0 aliphatic carbocycles. The van der Waals surface area contributed by atoms with E-state index in [1.807, 2.05) is 6.92 Å². The molecule has 0 saturated heterocycles. The zero-order chi connectivity index (χ0) is 13.8. The van der Waals surface area contributed by atoms with E-state index in [1.54, 1.807) is 13.0 Å². The van der Waals surface area contributed by atoms with Crippen LogP contribution in [0, 0.1) is 13.8 Å². The van der Waals surface area contributed by atoms with E-state index in [2.05, 4.69) is 15.5 Å². The molecule has 0 fully saturated rings. The van der Waals surface area contributed by atoms with Crippen molar-refractivity contribution < 1.29 is 14.4 Å². The summed E-state index contributed by atoms with van der Waals surface area (Å²) in [7, 11) is 0. The SMILES string of the molecule is Cc1noc(CCNCc2cc(C(=O)O)sc2C)n1. The van der Waals surface area contributed by atoms with Crippen molar-refractivity contribution in [2.45, 2.75) is 26.8 Å². The molecule has 19 heavy (non-hydrogen) atoms. The molecule has 0 aliphatic heterocycles. The number of aromatic nitrogens is 2. The first-order valence-corrected chi connectivity index (χ1v) is 6.70. The Morgan fingerprint density at radius 1 is 1.53 bits per heavy atom. The molecule has 0 spiro atoms. The summed E-state index contributed by atoms with van der Waals surface area (Å²) in [4.78, 5) is 16.4. The molecule has 6 nitrogen and oxygen atoms in total. The molecule has 2 rings (SSSR count). The highest BCUT2D eigenvalue weighted by Crippen LogP contribution is 2.21. The summed E-state index contributed by atoms with van der Waals surface area (Å²) >= 11 is 1.30. The predicted octanol–water partition coefficient (Wildman–Crippen LogP) is 1.78. The van der Waals surface area contributed by atoms with Crippen molar-refractivity contribution in [3.05, 3.63) is 33.1 Å². The molecule has 7 heteroatoms. The fraction of sp³-hybridized carbons (Fsp3) is 0.417. The highest BCUT2D eigenvalue weighted by atomic mass is 32.1. The minimum absolute atomic E-state index is 0.377. The lowest BCUT2D eigenvalue weighted by molar-refractivity contribution is 0.0702. The zero-order valence-corrected chi connectivity index (χ0v) is 11.6. The number of carbonyl (C=O) groups is 1. The number of nitrogens with one attached hydrogen (secondary N) is 1. The quantitative estimate of drug-likeness (QED) is 0.785. The van der Waals surface area contributed by atoms with E-state index in [4.69, 9.17) is 9.63 Å². The Kier molecular flexibility index (Phi) is 4.28. The Balaban J connectivity index is 1.81. The maximum Gasteiger partial charge on any atom is 0.345 e. The second kappa shape index (κ2) is 5.94. The van der Waals surface area contributed by atoms with Gasteiger partial charge in [0.25, 0.3) is 0 Å². The maximum atomic E-state index is 10.8. The second-order valence-corrected chi connectivity index (χ2v) is 5.42. The minimum Gasteiger partial charge on any atom is -0.477 e. The van der Waals surface area contributed by atoms with E-state index in [9.17, 15) is 4.79 Å². The molecule has 0 saturated carbocycles. The average Bonchev–Trinajstić information content (AvgIpc) is 2.92. The minimum atomic E-state index is -0.874. The summed E-state index contributed by atoms with van der Waals surface area (Å²) in [5, 5.41) is 15.9. The highest BCUT2D eigenvalue weighted by Gasteiger charge is 2.10. The molecule has 2 aromatic heterocycles. The van der Waals surface area contributed by atoms with Gasteiger partial charge in [0.1, 0.15) is 4.88 Å². The summed E-state index contributed by atoms with van der Waals surface area (Å²) in [6, 6.07) is 1.71. The summed E-state index contributed by atoms with van der Waals surface area (Å²) in [6.45, 7) is 5.06. The Hall–Kier alpha value is -1.73. The van der Waals surface area contributed by atoms with Crippen LogP contribution in [0.3, 0.4) is 0 Å². The van der Waals surface area contributed by atoms with Crippen LogP contribution in [0.2, 0.25) is 0 Å². The van der Waals surface area contributed by atoms with Crippen molar-refractivity contribution in [3.63, 3.8) is 0 Å². The van der Waals surface area contributed by atoms with Gasteiger partial charge in [0.05, 0.1) is 0 Å². The molecular formula is C12H15N3O3S. The highest BCUT2D eigenvalue weighted by molar-refractivity contribution is 7.14. The number of carboxylic acid groups (broad SMARTS) is 1. The van der Waals surface area contributed by atoms with Gasteiger partial charge < -0.3 is 14.9 Å². The van der Waals surface area contributed by atoms with Crippen molar-refractivity contribution in [1.29, 1.82) is 0 Å². The number of aryl methyl sites for hydroxylation is 2. The van der Waals surface area contributed by atoms with E-state index in [0.717, 1.165) is 10.4 Å². The standard InChI is InChI=1S/C12H15N3O3S/c1-7-9(5-10(19-7)12(16)17)6-13-4-3-11-14-8(2)15-18-11/h5,13H,3-4,6H2,1-2H3,(H,16,17). The molecule has 2 aromatic rings. The molecule has 2 heterocycles. The van der Waals surface area contributed by atoms with E-state index < -0.39 is 5.97 Å². The van der Waals surface area contributed by atoms with Crippen molar-refractivity contribution in [1.82, 2.24) is 15.5 Å². The first-order valence-electron chi connectivity index (χ1n) is 5.89. The van der Waals surface area contributed by atoms with Gasteiger partial charge >= 0.3 is 5.97 Å². The predicted molar refractivity (Wildman–Crippen MR) is 70.5 cm³/mol. The molecule has 0 atom stereocenters. The van der Waals surface area contributed by atoms with Crippen LogP contribution < -0.4 is 5.32 Å². The molecular weight excluding hydrogens is 266 g/mol. The lowest BCUT2D eigenvalue weighted by Gasteiger charge is -2.01. The van der Waals surface area contributed by atoms with Crippen LogP contribution in [-0.4, -0.2) is 27.8 Å². The summed E-state index contributed by atoms with van der Waals surface area (Å²) in [5.74, 6) is 0.369. The third-order valence-corrected chi connectivity index (χ3v) is 3.71. The Morgan fingerprint density at radius 2 is 2.32 bits per heavy atom. The zero-order valence-electron chi connectivity index (χ0n) is 10.8. The van der Waals surface area contributed by atoms with Gasteiger partial charge in [0.2, 0.25) is 5.89 Å². The monoisotopic (exact) mass is 281 g/mol. The van der Waals surface area contributed by atoms with Crippen molar-refractivity contribution in [3.8, 4) is 0 Å². The van der Waals surface area contributed by atoms with Gasteiger partial charge in [0.15, 0.2) is 5.82 Å². The molecule has 102 valence electrons.